The summed E-state index contributed by atoms with van der Waals surface area (Å²) < 4.78 is 12.7. The van der Waals surface area contributed by atoms with E-state index in [-0.39, 0.29) is 11.6 Å². The first-order chi connectivity index (χ1) is 13.6. The number of hydrogen-bond donors (Lipinski definition) is 0. The molecule has 0 saturated carbocycles. The van der Waals surface area contributed by atoms with E-state index in [0.29, 0.717) is 17.8 Å². The Bertz CT molecular complexity index is 1470. The summed E-state index contributed by atoms with van der Waals surface area (Å²) in [6.45, 7) is 4.05. The highest BCUT2D eigenvalue weighted by molar-refractivity contribution is 6.22. The van der Waals surface area contributed by atoms with Crippen molar-refractivity contribution in [2.75, 3.05) is 6.61 Å². The highest BCUT2D eigenvalue weighted by Crippen LogP contribution is 2.36. The zero-order valence-corrected chi connectivity index (χ0v) is 15.5. The maximum absolute atomic E-state index is 12.5. The third kappa shape index (κ3) is 2.19. The minimum absolute atomic E-state index is 0.326. The highest BCUT2D eigenvalue weighted by atomic mass is 16.5. The average molecular weight is 371 g/mol. The van der Waals surface area contributed by atoms with Crippen LogP contribution in [0.2, 0.25) is 0 Å². The molecule has 0 spiro atoms. The van der Waals surface area contributed by atoms with Gasteiger partial charge < -0.3 is 13.6 Å². The molecule has 0 atom stereocenters. The van der Waals surface area contributed by atoms with Gasteiger partial charge in [0.15, 0.2) is 0 Å². The van der Waals surface area contributed by atoms with Crippen molar-refractivity contribution in [3.8, 4) is 0 Å². The lowest BCUT2D eigenvalue weighted by Crippen LogP contribution is -2.05. The van der Waals surface area contributed by atoms with Crippen molar-refractivity contribution in [3.63, 3.8) is 0 Å². The Morgan fingerprint density at radius 2 is 1.79 bits per heavy atom. The van der Waals surface area contributed by atoms with Crippen LogP contribution in [-0.4, -0.2) is 17.0 Å². The zero-order valence-electron chi connectivity index (χ0n) is 15.5. The number of fused-ring (bicyclic) bond motifs is 8. The monoisotopic (exact) mass is 371 g/mol. The van der Waals surface area contributed by atoms with Gasteiger partial charge in [-0.1, -0.05) is 24.3 Å². The Hall–Kier alpha value is -3.60. The third-order valence-corrected chi connectivity index (χ3v) is 5.24. The van der Waals surface area contributed by atoms with Gasteiger partial charge in [-0.2, -0.15) is 0 Å². The van der Waals surface area contributed by atoms with Crippen LogP contribution in [0.5, 0.6) is 0 Å². The number of carbonyl (C=O) groups is 1. The number of aryl methyl sites for hydroxylation is 1. The molecule has 0 amide bonds. The molecule has 2 aromatic carbocycles. The highest BCUT2D eigenvalue weighted by Gasteiger charge is 2.20. The van der Waals surface area contributed by atoms with Crippen molar-refractivity contribution in [3.05, 3.63) is 76.3 Å². The number of nitrogens with zero attached hydrogens (tertiary/aromatic N) is 1. The number of ether oxygens (including phenoxy) is 1. The minimum Gasteiger partial charge on any atom is -0.462 e. The van der Waals surface area contributed by atoms with Gasteiger partial charge in [-0.25, -0.2) is 9.59 Å². The van der Waals surface area contributed by atoms with E-state index in [2.05, 4.69) is 10.5 Å². The Morgan fingerprint density at radius 1 is 1.00 bits per heavy atom. The number of rotatable bonds is 2. The number of carbonyl (C=O) groups excluding carboxylic acids is 1. The van der Waals surface area contributed by atoms with Crippen molar-refractivity contribution in [1.29, 1.82) is 0 Å². The van der Waals surface area contributed by atoms with Gasteiger partial charge in [0.2, 0.25) is 0 Å². The lowest BCUT2D eigenvalue weighted by molar-refractivity contribution is 0.0525. The van der Waals surface area contributed by atoms with E-state index in [1.165, 1.54) is 6.07 Å². The largest absolute Gasteiger partial charge is 0.462 e. The van der Waals surface area contributed by atoms with Gasteiger partial charge in [0.05, 0.1) is 23.2 Å². The second kappa shape index (κ2) is 5.96. The zero-order chi connectivity index (χ0) is 19.4. The van der Waals surface area contributed by atoms with Gasteiger partial charge in [-0.05, 0) is 43.5 Å². The first kappa shape index (κ1) is 16.6. The normalized spacial score (nSPS) is 11.6. The lowest BCUT2D eigenvalue weighted by Gasteiger charge is -2.12. The molecule has 3 heterocycles. The maximum Gasteiger partial charge on any atom is 0.339 e. The number of aromatic nitrogens is 1. The maximum atomic E-state index is 12.5. The average Bonchev–Trinajstić information content (AvgIpc) is 3.05. The molecule has 0 bridgehead atoms. The van der Waals surface area contributed by atoms with Gasteiger partial charge in [0.25, 0.3) is 0 Å². The molecule has 0 aliphatic rings. The second-order valence-electron chi connectivity index (χ2n) is 6.76. The van der Waals surface area contributed by atoms with Crippen molar-refractivity contribution >= 4 is 44.1 Å². The Labute approximate surface area is 159 Å². The Kier molecular flexibility index (Phi) is 3.52. The first-order valence-electron chi connectivity index (χ1n) is 9.16. The molecule has 0 fully saturated rings. The molecule has 0 N–H and O–H groups in total. The van der Waals surface area contributed by atoms with E-state index in [4.69, 9.17) is 9.15 Å². The molecular formula is C23H17NO4. The second-order valence-corrected chi connectivity index (χ2v) is 6.76. The van der Waals surface area contributed by atoms with Crippen LogP contribution in [0.1, 0.15) is 23.0 Å². The summed E-state index contributed by atoms with van der Waals surface area (Å²) in [6.07, 6.45) is 0. The number of hydrogen-bond acceptors (Lipinski definition) is 4. The van der Waals surface area contributed by atoms with Gasteiger partial charge in [-0.15, -0.1) is 0 Å². The first-order valence-corrected chi connectivity index (χ1v) is 9.16. The quantitative estimate of drug-likeness (QED) is 0.253. The molecule has 28 heavy (non-hydrogen) atoms. The fourth-order valence-corrected chi connectivity index (χ4v) is 4.06. The smallest absolute Gasteiger partial charge is 0.339 e. The standard InChI is InChI=1S/C23H17NO4/c1-3-27-23(26)17-12-19-14-6-4-5-7-15(14)22-16-8-11-21(25)28-20(16)10-9-18(22)24(19)13(17)2/h4-12H,3H2,1-2H3. The SMILES string of the molecule is CCOC(=O)c1cc2c3ccccc3c3c4ccc(=O)oc4ccc3n2c1C. The summed E-state index contributed by atoms with van der Waals surface area (Å²) in [4.78, 5) is 24.1. The lowest BCUT2D eigenvalue weighted by atomic mass is 10.0. The van der Waals surface area contributed by atoms with Gasteiger partial charge in [-0.3, -0.25) is 0 Å². The number of pyridine rings is 1. The van der Waals surface area contributed by atoms with Crippen LogP contribution in [0.15, 0.2) is 63.8 Å². The Balaban J connectivity index is 2.05. The fourth-order valence-electron chi connectivity index (χ4n) is 4.06. The summed E-state index contributed by atoms with van der Waals surface area (Å²) in [5, 5.41) is 3.91. The van der Waals surface area contributed by atoms with Crippen molar-refractivity contribution in [2.45, 2.75) is 13.8 Å². The van der Waals surface area contributed by atoms with Crippen molar-refractivity contribution < 1.29 is 13.9 Å². The summed E-state index contributed by atoms with van der Waals surface area (Å²) in [7, 11) is 0. The molecule has 5 rings (SSSR count). The topological polar surface area (TPSA) is 60.9 Å². The fraction of sp³-hybridized carbons (Fsp3) is 0.130. The summed E-state index contributed by atoms with van der Waals surface area (Å²) in [6, 6.07) is 16.9. The summed E-state index contributed by atoms with van der Waals surface area (Å²) >= 11 is 0. The molecule has 0 unspecified atom stereocenters. The number of esters is 1. The third-order valence-electron chi connectivity index (χ3n) is 5.24. The van der Waals surface area contributed by atoms with E-state index in [9.17, 15) is 9.59 Å². The summed E-state index contributed by atoms with van der Waals surface area (Å²) in [5.41, 5.74) is 3.43. The molecule has 5 aromatic rings. The van der Waals surface area contributed by atoms with Crippen LogP contribution in [0.3, 0.4) is 0 Å². The number of benzene rings is 2. The van der Waals surface area contributed by atoms with E-state index in [1.54, 1.807) is 19.1 Å². The van der Waals surface area contributed by atoms with Crippen molar-refractivity contribution in [2.24, 2.45) is 0 Å². The predicted molar refractivity (Wildman–Crippen MR) is 109 cm³/mol. The molecule has 0 aliphatic heterocycles. The molecule has 5 heteroatoms. The Morgan fingerprint density at radius 3 is 2.57 bits per heavy atom. The van der Waals surface area contributed by atoms with E-state index < -0.39 is 0 Å². The predicted octanol–water partition coefficient (Wildman–Crippen LogP) is 4.84. The molecule has 3 aromatic heterocycles. The van der Waals surface area contributed by atoms with Gasteiger partial charge in [0.1, 0.15) is 5.58 Å². The molecule has 5 nitrogen and oxygen atoms in total. The van der Waals surface area contributed by atoms with Crippen molar-refractivity contribution in [1.82, 2.24) is 4.40 Å². The molecule has 0 saturated heterocycles. The van der Waals surface area contributed by atoms with Gasteiger partial charge in [0, 0.05) is 27.9 Å². The van der Waals surface area contributed by atoms with Crippen LogP contribution in [0.4, 0.5) is 0 Å². The van der Waals surface area contributed by atoms with Gasteiger partial charge >= 0.3 is 11.6 Å². The minimum atomic E-state index is -0.376. The van der Waals surface area contributed by atoms with Crippen LogP contribution in [0.25, 0.3) is 38.2 Å². The van der Waals surface area contributed by atoms with Crippen LogP contribution < -0.4 is 5.63 Å². The molecule has 0 radical (unpaired) electrons. The van der Waals surface area contributed by atoms with E-state index >= 15 is 0 Å². The van der Waals surface area contributed by atoms with Crippen LogP contribution >= 0.6 is 0 Å². The van der Waals surface area contributed by atoms with E-state index in [0.717, 1.165) is 38.3 Å². The molecule has 138 valence electrons. The molecule has 0 aliphatic carbocycles. The van der Waals surface area contributed by atoms with Crippen LogP contribution in [-0.2, 0) is 4.74 Å². The van der Waals surface area contributed by atoms with E-state index in [1.807, 2.05) is 37.3 Å². The van der Waals surface area contributed by atoms with Crippen LogP contribution in [0, 0.1) is 6.92 Å². The molecular weight excluding hydrogens is 354 g/mol. The summed E-state index contributed by atoms with van der Waals surface area (Å²) in [5.74, 6) is -0.326.